The Morgan fingerprint density at radius 2 is 1.91 bits per heavy atom. The van der Waals surface area contributed by atoms with Crippen LogP contribution in [0.5, 0.6) is 0 Å². The SMILES string of the molecule is CC.CN=C(NC(=O)OC(C)(C)C)c1cc([N+](=O)[O-])ccc1N. The van der Waals surface area contributed by atoms with Crippen LogP contribution in [0.25, 0.3) is 0 Å². The van der Waals surface area contributed by atoms with Crippen molar-refractivity contribution in [1.82, 2.24) is 5.32 Å². The first-order chi connectivity index (χ1) is 10.6. The van der Waals surface area contributed by atoms with E-state index in [0.29, 0.717) is 0 Å². The van der Waals surface area contributed by atoms with E-state index in [1.807, 2.05) is 13.8 Å². The molecule has 0 aromatic heterocycles. The van der Waals surface area contributed by atoms with Gasteiger partial charge in [-0.1, -0.05) is 13.8 Å². The first kappa shape index (κ1) is 20.4. The molecule has 128 valence electrons. The number of nitrogens with zero attached hydrogens (tertiary/aromatic N) is 2. The average Bonchev–Trinajstić information content (AvgIpc) is 2.45. The number of benzene rings is 1. The number of carbonyl (C=O) groups excluding carboxylic acids is 1. The number of anilines is 1. The van der Waals surface area contributed by atoms with Crippen LogP contribution in [0, 0.1) is 10.1 Å². The van der Waals surface area contributed by atoms with Crippen LogP contribution in [0.2, 0.25) is 0 Å². The quantitative estimate of drug-likeness (QED) is 0.285. The molecular weight excluding hydrogens is 300 g/mol. The normalized spacial score (nSPS) is 11.1. The third-order valence-electron chi connectivity index (χ3n) is 2.35. The summed E-state index contributed by atoms with van der Waals surface area (Å²) in [4.78, 5) is 25.9. The number of amidine groups is 1. The lowest BCUT2D eigenvalue weighted by Crippen LogP contribution is -2.37. The maximum Gasteiger partial charge on any atom is 0.413 e. The molecular formula is C15H24N4O4. The Hall–Kier alpha value is -2.64. The zero-order chi connectivity index (χ0) is 18.2. The number of rotatable bonds is 2. The van der Waals surface area contributed by atoms with Gasteiger partial charge >= 0.3 is 6.09 Å². The van der Waals surface area contributed by atoms with Gasteiger partial charge in [0, 0.05) is 30.4 Å². The lowest BCUT2D eigenvalue weighted by Gasteiger charge is -2.20. The second-order valence-corrected chi connectivity index (χ2v) is 5.23. The zero-order valence-corrected chi connectivity index (χ0v) is 14.3. The van der Waals surface area contributed by atoms with Crippen LogP contribution >= 0.6 is 0 Å². The molecule has 0 aliphatic carbocycles. The van der Waals surface area contributed by atoms with Gasteiger partial charge in [0.25, 0.3) is 5.69 Å². The molecule has 0 bridgehead atoms. The van der Waals surface area contributed by atoms with Gasteiger partial charge in [0.2, 0.25) is 0 Å². The van der Waals surface area contributed by atoms with Crippen LogP contribution in [-0.4, -0.2) is 29.5 Å². The molecule has 3 N–H and O–H groups in total. The predicted octanol–water partition coefficient (Wildman–Crippen LogP) is 3.10. The maximum atomic E-state index is 11.7. The van der Waals surface area contributed by atoms with Crippen LogP contribution in [0.4, 0.5) is 16.2 Å². The number of amides is 1. The largest absolute Gasteiger partial charge is 0.444 e. The summed E-state index contributed by atoms with van der Waals surface area (Å²) in [6, 6.07) is 3.91. The Labute approximate surface area is 135 Å². The van der Waals surface area contributed by atoms with Gasteiger partial charge in [-0.3, -0.25) is 20.4 Å². The van der Waals surface area contributed by atoms with Gasteiger partial charge in [-0.15, -0.1) is 0 Å². The molecule has 0 unspecified atom stereocenters. The molecule has 0 saturated heterocycles. The Balaban J connectivity index is 0.00000232. The van der Waals surface area contributed by atoms with E-state index in [9.17, 15) is 14.9 Å². The summed E-state index contributed by atoms with van der Waals surface area (Å²) in [5.41, 5.74) is 5.48. The van der Waals surface area contributed by atoms with E-state index in [2.05, 4.69) is 10.3 Å². The minimum Gasteiger partial charge on any atom is -0.444 e. The molecule has 1 rings (SSSR count). The monoisotopic (exact) mass is 324 g/mol. The standard InChI is InChI=1S/C13H18N4O4.C2H6/c1-13(2,3)21-12(18)16-11(15-4)9-7-8(17(19)20)5-6-10(9)14;1-2/h5-7H,14H2,1-4H3,(H,15,16,18);1-2H3. The van der Waals surface area contributed by atoms with E-state index in [1.54, 1.807) is 20.8 Å². The molecule has 1 aromatic carbocycles. The van der Waals surface area contributed by atoms with Crippen molar-refractivity contribution in [2.45, 2.75) is 40.2 Å². The summed E-state index contributed by atoms with van der Waals surface area (Å²) in [5, 5.41) is 13.2. The summed E-state index contributed by atoms with van der Waals surface area (Å²) in [6.07, 6.45) is -0.714. The average molecular weight is 324 g/mol. The van der Waals surface area contributed by atoms with Crippen molar-refractivity contribution < 1.29 is 14.5 Å². The Morgan fingerprint density at radius 1 is 1.35 bits per heavy atom. The van der Waals surface area contributed by atoms with Crippen LogP contribution in [0.1, 0.15) is 40.2 Å². The number of non-ortho nitro benzene ring substituents is 1. The van der Waals surface area contributed by atoms with Crippen molar-refractivity contribution in [2.24, 2.45) is 4.99 Å². The number of aliphatic imine (C=N–C) groups is 1. The second kappa shape index (κ2) is 8.72. The van der Waals surface area contributed by atoms with Gasteiger partial charge < -0.3 is 10.5 Å². The first-order valence-electron chi connectivity index (χ1n) is 7.15. The van der Waals surface area contributed by atoms with Gasteiger partial charge in [-0.05, 0) is 26.8 Å². The highest BCUT2D eigenvalue weighted by Crippen LogP contribution is 2.20. The number of ether oxygens (including phenoxy) is 1. The van der Waals surface area contributed by atoms with Gasteiger partial charge in [-0.2, -0.15) is 0 Å². The fraction of sp³-hybridized carbons (Fsp3) is 0.467. The molecule has 23 heavy (non-hydrogen) atoms. The summed E-state index contributed by atoms with van der Waals surface area (Å²) in [5.74, 6) is 0.102. The second-order valence-electron chi connectivity index (χ2n) is 5.23. The van der Waals surface area contributed by atoms with Crippen molar-refractivity contribution >= 4 is 23.3 Å². The van der Waals surface area contributed by atoms with Crippen molar-refractivity contribution in [3.63, 3.8) is 0 Å². The number of carbonyl (C=O) groups is 1. The molecule has 1 aromatic rings. The lowest BCUT2D eigenvalue weighted by molar-refractivity contribution is -0.384. The van der Waals surface area contributed by atoms with Crippen molar-refractivity contribution in [2.75, 3.05) is 12.8 Å². The highest BCUT2D eigenvalue weighted by atomic mass is 16.6. The molecule has 0 saturated carbocycles. The van der Waals surface area contributed by atoms with Gasteiger partial charge in [0.05, 0.1) is 4.92 Å². The maximum absolute atomic E-state index is 11.7. The zero-order valence-electron chi connectivity index (χ0n) is 14.3. The molecule has 8 heteroatoms. The molecule has 0 radical (unpaired) electrons. The Kier molecular flexibility index (Phi) is 7.72. The number of nitrogens with one attached hydrogen (secondary N) is 1. The van der Waals surface area contributed by atoms with E-state index < -0.39 is 16.6 Å². The molecule has 0 fully saturated rings. The molecule has 8 nitrogen and oxygen atoms in total. The molecule has 0 aliphatic heterocycles. The molecule has 0 spiro atoms. The van der Waals surface area contributed by atoms with Gasteiger partial charge in [0.1, 0.15) is 11.4 Å². The van der Waals surface area contributed by atoms with E-state index in [0.717, 1.165) is 0 Å². The van der Waals surface area contributed by atoms with E-state index in [-0.39, 0.29) is 22.8 Å². The predicted molar refractivity (Wildman–Crippen MR) is 90.7 cm³/mol. The van der Waals surface area contributed by atoms with Crippen LogP contribution in [-0.2, 0) is 4.74 Å². The summed E-state index contributed by atoms with van der Waals surface area (Å²) >= 11 is 0. The molecule has 0 aliphatic rings. The number of hydrogen-bond donors (Lipinski definition) is 2. The third kappa shape index (κ3) is 6.77. The number of nitrogens with two attached hydrogens (primary N) is 1. The summed E-state index contributed by atoms with van der Waals surface area (Å²) in [7, 11) is 1.44. The number of alkyl carbamates (subject to hydrolysis) is 1. The minimum absolute atomic E-state index is 0.102. The Bertz CT molecular complexity index is 592. The third-order valence-corrected chi connectivity index (χ3v) is 2.35. The number of nitro groups is 1. The highest BCUT2D eigenvalue weighted by Gasteiger charge is 2.20. The van der Waals surface area contributed by atoms with Crippen molar-refractivity contribution in [3.05, 3.63) is 33.9 Å². The van der Waals surface area contributed by atoms with Crippen molar-refractivity contribution in [3.8, 4) is 0 Å². The van der Waals surface area contributed by atoms with Crippen LogP contribution < -0.4 is 11.1 Å². The van der Waals surface area contributed by atoms with Crippen LogP contribution in [0.3, 0.4) is 0 Å². The van der Waals surface area contributed by atoms with Crippen LogP contribution in [0.15, 0.2) is 23.2 Å². The first-order valence-corrected chi connectivity index (χ1v) is 7.15. The molecule has 0 atom stereocenters. The van der Waals surface area contributed by atoms with E-state index >= 15 is 0 Å². The van der Waals surface area contributed by atoms with Gasteiger partial charge in [0.15, 0.2) is 0 Å². The van der Waals surface area contributed by atoms with E-state index in [1.165, 1.54) is 25.2 Å². The van der Waals surface area contributed by atoms with Crippen molar-refractivity contribution in [1.29, 1.82) is 0 Å². The Morgan fingerprint density at radius 3 is 2.35 bits per heavy atom. The fourth-order valence-electron chi connectivity index (χ4n) is 1.51. The number of nitro benzene ring substituents is 1. The number of hydrogen-bond acceptors (Lipinski definition) is 6. The lowest BCUT2D eigenvalue weighted by atomic mass is 10.1. The smallest absolute Gasteiger partial charge is 0.413 e. The minimum atomic E-state index is -0.714. The topological polar surface area (TPSA) is 120 Å². The molecule has 0 heterocycles. The summed E-state index contributed by atoms with van der Waals surface area (Å²) in [6.45, 7) is 9.16. The molecule has 1 amide bonds. The fourth-order valence-corrected chi connectivity index (χ4v) is 1.51. The van der Waals surface area contributed by atoms with E-state index in [4.69, 9.17) is 10.5 Å². The highest BCUT2D eigenvalue weighted by molar-refractivity contribution is 6.09. The van der Waals surface area contributed by atoms with Gasteiger partial charge in [-0.25, -0.2) is 4.79 Å². The summed E-state index contributed by atoms with van der Waals surface area (Å²) < 4.78 is 5.10. The number of nitrogen functional groups attached to an aromatic ring is 1.